The van der Waals surface area contributed by atoms with Crippen LogP contribution in [0.25, 0.3) is 0 Å². The summed E-state index contributed by atoms with van der Waals surface area (Å²) < 4.78 is 18.4. The molecule has 0 heterocycles. The standard InChI is InChI=1S/C13H18FNO2/c1-3-9(4-2)8-17-13(16)11-7-10(15)5-6-12(11)14/h5-7,9H,3-4,8,15H2,1-2H3. The maximum atomic E-state index is 13.4. The monoisotopic (exact) mass is 239 g/mol. The van der Waals surface area contributed by atoms with Crippen LogP contribution in [0.2, 0.25) is 0 Å². The topological polar surface area (TPSA) is 52.3 Å². The molecule has 0 aromatic heterocycles. The number of hydrogen-bond acceptors (Lipinski definition) is 3. The van der Waals surface area contributed by atoms with E-state index in [1.54, 1.807) is 0 Å². The van der Waals surface area contributed by atoms with Gasteiger partial charge >= 0.3 is 5.97 Å². The molecule has 0 aliphatic rings. The van der Waals surface area contributed by atoms with Crippen LogP contribution in [0.15, 0.2) is 18.2 Å². The molecule has 3 nitrogen and oxygen atoms in total. The minimum atomic E-state index is -0.651. The molecule has 4 heteroatoms. The van der Waals surface area contributed by atoms with Crippen molar-refractivity contribution in [3.63, 3.8) is 0 Å². The Bertz CT molecular complexity index is 389. The first kappa shape index (κ1) is 13.5. The molecule has 0 amide bonds. The third-order valence-electron chi connectivity index (χ3n) is 2.82. The lowest BCUT2D eigenvalue weighted by Crippen LogP contribution is -2.14. The zero-order chi connectivity index (χ0) is 12.8. The van der Waals surface area contributed by atoms with Crippen molar-refractivity contribution in [3.8, 4) is 0 Å². The Kier molecular flexibility index (Phi) is 4.94. The highest BCUT2D eigenvalue weighted by molar-refractivity contribution is 5.90. The second kappa shape index (κ2) is 6.23. The summed E-state index contributed by atoms with van der Waals surface area (Å²) in [5, 5.41) is 0. The molecule has 0 spiro atoms. The summed E-state index contributed by atoms with van der Waals surface area (Å²) in [5.41, 5.74) is 5.75. The number of anilines is 1. The Morgan fingerprint density at radius 3 is 2.65 bits per heavy atom. The van der Waals surface area contributed by atoms with Crippen LogP contribution in [0.3, 0.4) is 0 Å². The summed E-state index contributed by atoms with van der Waals surface area (Å²) in [6, 6.07) is 3.88. The average Bonchev–Trinajstić information content (AvgIpc) is 2.33. The molecule has 0 aliphatic heterocycles. The highest BCUT2D eigenvalue weighted by atomic mass is 19.1. The third-order valence-corrected chi connectivity index (χ3v) is 2.82. The Morgan fingerprint density at radius 1 is 1.41 bits per heavy atom. The van der Waals surface area contributed by atoms with Crippen LogP contribution in [0.1, 0.15) is 37.0 Å². The van der Waals surface area contributed by atoms with Gasteiger partial charge < -0.3 is 10.5 Å². The largest absolute Gasteiger partial charge is 0.462 e. The molecule has 0 radical (unpaired) electrons. The molecule has 0 aliphatic carbocycles. The van der Waals surface area contributed by atoms with E-state index in [2.05, 4.69) is 0 Å². The first-order valence-corrected chi connectivity index (χ1v) is 5.80. The van der Waals surface area contributed by atoms with Crippen molar-refractivity contribution in [2.45, 2.75) is 26.7 Å². The Balaban J connectivity index is 2.66. The molecule has 2 N–H and O–H groups in total. The smallest absolute Gasteiger partial charge is 0.341 e. The fraction of sp³-hybridized carbons (Fsp3) is 0.462. The quantitative estimate of drug-likeness (QED) is 0.634. The lowest BCUT2D eigenvalue weighted by molar-refractivity contribution is 0.0428. The second-order valence-electron chi connectivity index (χ2n) is 4.02. The van der Waals surface area contributed by atoms with E-state index in [1.807, 2.05) is 13.8 Å². The van der Waals surface area contributed by atoms with Crippen molar-refractivity contribution >= 4 is 11.7 Å². The minimum Gasteiger partial charge on any atom is -0.462 e. The van der Waals surface area contributed by atoms with E-state index < -0.39 is 11.8 Å². The van der Waals surface area contributed by atoms with Crippen LogP contribution in [-0.4, -0.2) is 12.6 Å². The maximum Gasteiger partial charge on any atom is 0.341 e. The normalized spacial score (nSPS) is 10.6. The van der Waals surface area contributed by atoms with Gasteiger partial charge in [-0.3, -0.25) is 0 Å². The van der Waals surface area contributed by atoms with Crippen LogP contribution in [0, 0.1) is 11.7 Å². The van der Waals surface area contributed by atoms with Crippen molar-refractivity contribution < 1.29 is 13.9 Å². The number of halogens is 1. The van der Waals surface area contributed by atoms with Crippen molar-refractivity contribution in [2.75, 3.05) is 12.3 Å². The van der Waals surface area contributed by atoms with Gasteiger partial charge in [-0.15, -0.1) is 0 Å². The Labute approximate surface area is 101 Å². The molecule has 1 rings (SSSR count). The number of nitrogens with two attached hydrogens (primary N) is 1. The van der Waals surface area contributed by atoms with Crippen LogP contribution >= 0.6 is 0 Å². The van der Waals surface area contributed by atoms with E-state index in [0.717, 1.165) is 12.8 Å². The van der Waals surface area contributed by atoms with Gasteiger partial charge in [-0.25, -0.2) is 9.18 Å². The van der Waals surface area contributed by atoms with E-state index in [1.165, 1.54) is 18.2 Å². The van der Waals surface area contributed by atoms with E-state index in [4.69, 9.17) is 10.5 Å². The van der Waals surface area contributed by atoms with Crippen LogP contribution in [0.5, 0.6) is 0 Å². The highest BCUT2D eigenvalue weighted by Crippen LogP contribution is 2.15. The van der Waals surface area contributed by atoms with Crippen LogP contribution in [-0.2, 0) is 4.74 Å². The van der Waals surface area contributed by atoms with E-state index in [-0.39, 0.29) is 5.56 Å². The SMILES string of the molecule is CCC(CC)COC(=O)c1cc(N)ccc1F. The summed E-state index contributed by atoms with van der Waals surface area (Å²) >= 11 is 0. The van der Waals surface area contributed by atoms with Gasteiger partial charge in [0.25, 0.3) is 0 Å². The molecule has 0 saturated heterocycles. The van der Waals surface area contributed by atoms with Crippen LogP contribution in [0.4, 0.5) is 10.1 Å². The Hall–Kier alpha value is -1.58. The van der Waals surface area contributed by atoms with E-state index in [9.17, 15) is 9.18 Å². The number of rotatable bonds is 5. The second-order valence-corrected chi connectivity index (χ2v) is 4.02. The molecule has 0 atom stereocenters. The van der Waals surface area contributed by atoms with E-state index >= 15 is 0 Å². The summed E-state index contributed by atoms with van der Waals surface area (Å²) in [6.07, 6.45) is 1.87. The lowest BCUT2D eigenvalue weighted by atomic mass is 10.1. The fourth-order valence-electron chi connectivity index (χ4n) is 1.49. The van der Waals surface area contributed by atoms with Gasteiger partial charge in [0.15, 0.2) is 0 Å². The summed E-state index contributed by atoms with van der Waals surface area (Å²) in [5.74, 6) is -0.932. The summed E-state index contributed by atoms with van der Waals surface area (Å²) in [4.78, 5) is 11.6. The number of benzene rings is 1. The summed E-state index contributed by atoms with van der Waals surface area (Å²) in [6.45, 7) is 4.38. The molecule has 0 unspecified atom stereocenters. The average molecular weight is 239 g/mol. The molecular formula is C13H18FNO2. The molecule has 1 aromatic rings. The van der Waals surface area contributed by atoms with Gasteiger partial charge in [-0.05, 0) is 24.1 Å². The van der Waals surface area contributed by atoms with Gasteiger partial charge in [0, 0.05) is 5.69 Å². The number of ether oxygens (including phenoxy) is 1. The molecule has 17 heavy (non-hydrogen) atoms. The first-order chi connectivity index (χ1) is 8.08. The molecular weight excluding hydrogens is 221 g/mol. The Morgan fingerprint density at radius 2 is 2.06 bits per heavy atom. The summed E-state index contributed by atoms with van der Waals surface area (Å²) in [7, 11) is 0. The molecule has 94 valence electrons. The number of carbonyl (C=O) groups excluding carboxylic acids is 1. The van der Waals surface area contributed by atoms with Gasteiger partial charge in [-0.2, -0.15) is 0 Å². The third kappa shape index (κ3) is 3.73. The number of esters is 1. The zero-order valence-corrected chi connectivity index (χ0v) is 10.2. The maximum absolute atomic E-state index is 13.4. The van der Waals surface area contributed by atoms with Crippen molar-refractivity contribution in [1.29, 1.82) is 0 Å². The predicted molar refractivity (Wildman–Crippen MR) is 65.2 cm³/mol. The zero-order valence-electron chi connectivity index (χ0n) is 10.2. The number of carbonyl (C=O) groups is 1. The van der Waals surface area contributed by atoms with Crippen molar-refractivity contribution in [2.24, 2.45) is 5.92 Å². The molecule has 0 fully saturated rings. The first-order valence-electron chi connectivity index (χ1n) is 5.80. The van der Waals surface area contributed by atoms with E-state index in [0.29, 0.717) is 18.2 Å². The minimum absolute atomic E-state index is 0.101. The van der Waals surface area contributed by atoms with Gasteiger partial charge in [0.1, 0.15) is 5.82 Å². The van der Waals surface area contributed by atoms with Crippen molar-refractivity contribution in [3.05, 3.63) is 29.6 Å². The molecule has 1 aromatic carbocycles. The van der Waals surface area contributed by atoms with Crippen LogP contribution < -0.4 is 5.73 Å². The van der Waals surface area contributed by atoms with Gasteiger partial charge in [0.05, 0.1) is 12.2 Å². The van der Waals surface area contributed by atoms with Gasteiger partial charge in [-0.1, -0.05) is 26.7 Å². The number of nitrogen functional groups attached to an aromatic ring is 1. The number of hydrogen-bond donors (Lipinski definition) is 1. The highest BCUT2D eigenvalue weighted by Gasteiger charge is 2.15. The van der Waals surface area contributed by atoms with Crippen molar-refractivity contribution in [1.82, 2.24) is 0 Å². The molecule has 0 saturated carbocycles. The fourth-order valence-corrected chi connectivity index (χ4v) is 1.49. The lowest BCUT2D eigenvalue weighted by Gasteiger charge is -2.12. The predicted octanol–water partition coefficient (Wildman–Crippen LogP) is 3.00. The molecule has 0 bridgehead atoms. The van der Waals surface area contributed by atoms with Gasteiger partial charge in [0.2, 0.25) is 0 Å².